The topological polar surface area (TPSA) is 195 Å². The summed E-state index contributed by atoms with van der Waals surface area (Å²) in [7, 11) is -5.17. The van der Waals surface area contributed by atoms with E-state index in [1.54, 1.807) is 0 Å². The Morgan fingerprint density at radius 1 is 0.677 bits per heavy atom. The van der Waals surface area contributed by atoms with Crippen molar-refractivity contribution < 1.29 is 86.9 Å². The number of rotatable bonds is 36. The molecule has 2 aromatic carbocycles. The fraction of sp³-hybridized carbons (Fsp3) is 0.700. The van der Waals surface area contributed by atoms with E-state index in [0.717, 1.165) is 103 Å². The van der Waals surface area contributed by atoms with Gasteiger partial charge in [-0.15, -0.1) is 0 Å². The Bertz CT molecular complexity index is 1660. The summed E-state index contributed by atoms with van der Waals surface area (Å²) in [5.41, 5.74) is 2.64. The van der Waals surface area contributed by atoms with Crippen molar-refractivity contribution in [3.63, 3.8) is 0 Å². The molecule has 0 bridgehead atoms. The van der Waals surface area contributed by atoms with Crippen molar-refractivity contribution >= 4 is 28.2 Å². The number of carbonyl (C=O) groups excluding carboxylic acids is 3. The number of carbonyl (C=O) groups is 3. The zero-order valence-electron chi connectivity index (χ0n) is 40.5. The van der Waals surface area contributed by atoms with E-state index in [1.165, 1.54) is 43.2 Å². The minimum absolute atomic E-state index is 0. The van der Waals surface area contributed by atoms with Crippen LogP contribution in [0.3, 0.4) is 0 Å². The number of unbranched alkanes of at least 4 members (excludes halogenated alkanes) is 18. The smallest absolute Gasteiger partial charge is 1.00 e. The van der Waals surface area contributed by atoms with Crippen molar-refractivity contribution in [2.75, 3.05) is 6.61 Å². The van der Waals surface area contributed by atoms with Crippen LogP contribution in [0.15, 0.2) is 60.7 Å². The number of benzene rings is 2. The van der Waals surface area contributed by atoms with Crippen molar-refractivity contribution in [3.05, 3.63) is 71.8 Å². The van der Waals surface area contributed by atoms with Crippen molar-refractivity contribution in [2.24, 2.45) is 0 Å². The summed E-state index contributed by atoms with van der Waals surface area (Å²) >= 11 is 0. The Hall–Kier alpha value is -2.40. The number of hydrogen-bond acceptors (Lipinski definition) is 11. The molecule has 6 atom stereocenters. The van der Waals surface area contributed by atoms with Gasteiger partial charge in [0.2, 0.25) is 5.91 Å². The first-order valence-electron chi connectivity index (χ1n) is 24.3. The molecule has 4 N–H and O–H groups in total. The Balaban J connectivity index is 0.0000109. The van der Waals surface area contributed by atoms with Crippen LogP contribution < -0.4 is 34.9 Å². The molecule has 2 aromatic rings. The van der Waals surface area contributed by atoms with Gasteiger partial charge in [-0.1, -0.05) is 170 Å². The summed E-state index contributed by atoms with van der Waals surface area (Å²) in [6.45, 7) is 1.33. The second-order valence-electron chi connectivity index (χ2n) is 17.4. The number of hydrogen-bond donors (Lipinski definition) is 4. The Kier molecular flexibility index (Phi) is 32.3. The molecular formula is C50H80NNaO12S. The number of aliphatic hydroxyl groups is 2. The molecule has 0 saturated carbocycles. The average molecular weight is 942 g/mol. The van der Waals surface area contributed by atoms with Crippen molar-refractivity contribution in [2.45, 2.75) is 217 Å². The van der Waals surface area contributed by atoms with Crippen LogP contribution in [0, 0.1) is 0 Å². The molecule has 2 unspecified atom stereocenters. The molecule has 1 aliphatic heterocycles. The number of aryl methyl sites for hydroxylation is 2. The summed E-state index contributed by atoms with van der Waals surface area (Å²) in [6, 6.07) is 19.1. The largest absolute Gasteiger partial charge is 1.00 e. The average Bonchev–Trinajstić information content (AvgIpc) is 3.27. The van der Waals surface area contributed by atoms with E-state index in [1.807, 2.05) is 24.3 Å². The van der Waals surface area contributed by atoms with Gasteiger partial charge in [0, 0.05) is 12.8 Å². The maximum Gasteiger partial charge on any atom is 1.00 e. The van der Waals surface area contributed by atoms with Crippen molar-refractivity contribution in [3.8, 4) is 0 Å². The monoisotopic (exact) mass is 942 g/mol. The Morgan fingerprint density at radius 2 is 1.14 bits per heavy atom. The summed E-state index contributed by atoms with van der Waals surface area (Å²) in [6.07, 6.45) is 15.7. The molecule has 13 nitrogen and oxygen atoms in total. The van der Waals surface area contributed by atoms with Gasteiger partial charge in [-0.2, -0.15) is 8.42 Å². The first kappa shape index (κ1) is 58.7. The van der Waals surface area contributed by atoms with Crippen LogP contribution in [0.5, 0.6) is 0 Å². The molecular weight excluding hydrogens is 862 g/mol. The summed E-state index contributed by atoms with van der Waals surface area (Å²) in [5, 5.41) is 23.6. The first-order valence-corrected chi connectivity index (χ1v) is 25.7. The Morgan fingerprint density at radius 3 is 1.63 bits per heavy atom. The molecule has 0 aliphatic carbocycles. The van der Waals surface area contributed by atoms with E-state index in [2.05, 4.69) is 48.6 Å². The van der Waals surface area contributed by atoms with Gasteiger partial charge in [-0.3, -0.25) is 18.9 Å². The molecule has 364 valence electrons. The zero-order valence-corrected chi connectivity index (χ0v) is 42.3. The summed E-state index contributed by atoms with van der Waals surface area (Å²) < 4.78 is 55.3. The quantitative estimate of drug-likeness (QED) is 0.0249. The number of nitrogens with one attached hydrogen (secondary N) is 1. The van der Waals surface area contributed by atoms with Crippen LogP contribution in [-0.4, -0.2) is 84.4 Å². The fourth-order valence-corrected chi connectivity index (χ4v) is 8.82. The summed E-state index contributed by atoms with van der Waals surface area (Å²) in [5.74, 6) is -1.81. The van der Waals surface area contributed by atoms with E-state index >= 15 is 0 Å². The van der Waals surface area contributed by atoms with Gasteiger partial charge in [-0.25, -0.2) is 4.18 Å². The van der Waals surface area contributed by atoms with Gasteiger partial charge < -0.3 is 31.2 Å². The van der Waals surface area contributed by atoms with Gasteiger partial charge in [0.05, 0.1) is 13.0 Å². The number of ether oxygens (including phenoxy) is 3. The second-order valence-corrected chi connectivity index (χ2v) is 18.5. The van der Waals surface area contributed by atoms with Gasteiger partial charge in [0.1, 0.15) is 24.4 Å². The first-order chi connectivity index (χ1) is 31.0. The predicted octanol–water partition coefficient (Wildman–Crippen LogP) is 6.57. The maximum atomic E-state index is 13.7. The molecule has 1 saturated heterocycles. The Labute approximate surface area is 413 Å². The van der Waals surface area contributed by atoms with Crippen molar-refractivity contribution in [1.29, 1.82) is 0 Å². The van der Waals surface area contributed by atoms with Gasteiger partial charge >= 0.3 is 51.9 Å². The third kappa shape index (κ3) is 27.3. The molecule has 0 spiro atoms. The van der Waals surface area contributed by atoms with Crippen LogP contribution in [0.4, 0.5) is 0 Å². The van der Waals surface area contributed by atoms with Crippen molar-refractivity contribution in [1.82, 2.24) is 5.32 Å². The predicted molar refractivity (Wildman–Crippen MR) is 249 cm³/mol. The minimum atomic E-state index is -5.17. The van der Waals surface area contributed by atoms with Gasteiger partial charge in [-0.05, 0) is 62.5 Å². The van der Waals surface area contributed by atoms with E-state index in [4.69, 9.17) is 18.4 Å². The number of amides is 1. The van der Waals surface area contributed by atoms with Gasteiger partial charge in [0.15, 0.2) is 12.4 Å². The molecule has 65 heavy (non-hydrogen) atoms. The number of esters is 2. The van der Waals surface area contributed by atoms with Crippen LogP contribution in [0.25, 0.3) is 0 Å². The van der Waals surface area contributed by atoms with Gasteiger partial charge in [0.25, 0.3) is 0 Å². The standard InChI is InChI=1S/C50H79NO12S.Na.H/c1-2-3-4-5-6-7-8-15-26-35-42(60-45(54)36-27-16-11-9-13-20-29-40-31-22-18-23-32-40)38-44(53)51-47-49(48(63-64(57,58)59)43(39-52)61-50(47)56)62-46(55)37-28-17-12-10-14-21-30-41-33-24-19-25-34-41;;/h18-19,22-25,31-34,42-43,47-50,52,56H,2-17,20-21,26-30,35-39H2,1H3,(H,51,53)(H,57,58,59);;/q;+1;-1/t42?,43-,47-,48-,49-,50?;;/m1../s1. The zero-order chi connectivity index (χ0) is 46.3. The molecule has 0 radical (unpaired) electrons. The van der Waals surface area contributed by atoms with Crippen LogP contribution >= 0.6 is 0 Å². The maximum absolute atomic E-state index is 13.7. The van der Waals surface area contributed by atoms with E-state index in [9.17, 15) is 37.6 Å². The molecule has 1 fully saturated rings. The molecule has 3 rings (SSSR count). The third-order valence-electron chi connectivity index (χ3n) is 11.9. The summed E-state index contributed by atoms with van der Waals surface area (Å²) in [4.78, 5) is 40.0. The normalized spacial score (nSPS) is 18.9. The molecule has 15 heteroatoms. The third-order valence-corrected chi connectivity index (χ3v) is 12.4. The second kappa shape index (κ2) is 35.7. The van der Waals surface area contributed by atoms with Crippen LogP contribution in [0.1, 0.15) is 180 Å². The molecule has 0 aromatic heterocycles. The van der Waals surface area contributed by atoms with E-state index in [-0.39, 0.29) is 50.2 Å². The minimum Gasteiger partial charge on any atom is -1.00 e. The fourth-order valence-electron chi connectivity index (χ4n) is 8.31. The van der Waals surface area contributed by atoms with Crippen LogP contribution in [0.2, 0.25) is 0 Å². The molecule has 1 amide bonds. The molecule has 1 aliphatic rings. The number of aliphatic hydroxyl groups excluding tert-OH is 2. The van der Waals surface area contributed by atoms with Crippen LogP contribution in [-0.2, 0) is 56.0 Å². The van der Waals surface area contributed by atoms with E-state index < -0.39 is 71.6 Å². The van der Waals surface area contributed by atoms with E-state index in [0.29, 0.717) is 19.3 Å². The molecule has 1 heterocycles. The SMILES string of the molecule is CCCCCCCCCCCC(CC(=O)N[C@H]1C(O)O[C@H](CO)[C@@H](OS(=O)(=O)O)[C@@H]1OC(=O)CCCCCCCCc1ccccc1)OC(=O)CCCCCCCCc1ccccc1.[H-].[Na+].